The van der Waals surface area contributed by atoms with Crippen LogP contribution in [0.2, 0.25) is 0 Å². The Morgan fingerprint density at radius 2 is 2.02 bits per heavy atom. The predicted molar refractivity (Wildman–Crippen MR) is 143 cm³/mol. The number of carbonyl (C=O) groups is 3. The van der Waals surface area contributed by atoms with Gasteiger partial charge in [-0.1, -0.05) is 5.92 Å². The van der Waals surface area contributed by atoms with Crippen LogP contribution < -0.4 is 16.4 Å². The zero-order chi connectivity index (χ0) is 28.9. The van der Waals surface area contributed by atoms with Crippen molar-refractivity contribution in [1.82, 2.24) is 35.1 Å². The average molecular weight is 571 g/mol. The lowest BCUT2D eigenvalue weighted by Crippen LogP contribution is -2.46. The highest BCUT2D eigenvalue weighted by atomic mass is 16.6. The minimum Gasteiger partial charge on any atom is -0.444 e. The number of amides is 3. The van der Waals surface area contributed by atoms with E-state index in [2.05, 4.69) is 37.4 Å². The maximum absolute atomic E-state index is 12.5. The number of piperidine rings is 1. The molecule has 2 aliphatic heterocycles. The number of likely N-dealkylation sites (tertiary alicyclic amines) is 1. The lowest BCUT2D eigenvalue weighted by molar-refractivity contribution is -0.147. The van der Waals surface area contributed by atoms with Crippen molar-refractivity contribution in [2.24, 2.45) is 5.92 Å². The van der Waals surface area contributed by atoms with E-state index in [1.54, 1.807) is 4.90 Å². The number of imidazole rings is 1. The van der Waals surface area contributed by atoms with Gasteiger partial charge in [0.05, 0.1) is 25.9 Å². The third-order valence-electron chi connectivity index (χ3n) is 7.27. The van der Waals surface area contributed by atoms with Crippen molar-refractivity contribution in [3.05, 3.63) is 12.2 Å². The molecule has 3 fully saturated rings. The second-order valence-corrected chi connectivity index (χ2v) is 10.5. The van der Waals surface area contributed by atoms with Gasteiger partial charge in [-0.2, -0.15) is 0 Å². The summed E-state index contributed by atoms with van der Waals surface area (Å²) in [6.45, 7) is 0.657. The van der Waals surface area contributed by atoms with Gasteiger partial charge < -0.3 is 41.0 Å². The molecule has 15 nitrogen and oxygen atoms in total. The number of hydrogen-bond acceptors (Lipinski definition) is 11. The molecule has 220 valence electrons. The van der Waals surface area contributed by atoms with Crippen molar-refractivity contribution < 1.29 is 34.1 Å². The Kier molecular flexibility index (Phi) is 8.81. The fraction of sp³-hybridized carbons (Fsp3) is 0.615. The maximum Gasteiger partial charge on any atom is 0.410 e. The van der Waals surface area contributed by atoms with Gasteiger partial charge in [0.15, 0.2) is 17.6 Å². The van der Waals surface area contributed by atoms with E-state index < -0.39 is 36.9 Å². The van der Waals surface area contributed by atoms with Crippen molar-refractivity contribution in [2.45, 2.75) is 69.6 Å². The molecule has 41 heavy (non-hydrogen) atoms. The van der Waals surface area contributed by atoms with Crippen LogP contribution in [-0.2, 0) is 25.8 Å². The van der Waals surface area contributed by atoms with Crippen LogP contribution in [0.4, 0.5) is 10.6 Å². The van der Waals surface area contributed by atoms with Crippen LogP contribution in [0.3, 0.4) is 0 Å². The van der Waals surface area contributed by atoms with E-state index in [-0.39, 0.29) is 42.7 Å². The number of aromatic nitrogens is 4. The molecule has 2 saturated heterocycles. The molecule has 0 aromatic carbocycles. The van der Waals surface area contributed by atoms with E-state index >= 15 is 0 Å². The SMILES string of the molecule is Nc1nc(C#CCC2CCN(C(=O)OC3CNC(=O)C3)CC2)nc2c1ncn2CO[C@H](C(=O)NC1CC1)C(O)CO. The molecule has 5 rings (SSSR count). The van der Waals surface area contributed by atoms with Gasteiger partial charge in [0.2, 0.25) is 11.7 Å². The molecule has 4 heterocycles. The van der Waals surface area contributed by atoms with E-state index in [0.717, 1.165) is 25.7 Å². The van der Waals surface area contributed by atoms with Gasteiger partial charge in [0, 0.05) is 25.6 Å². The Morgan fingerprint density at radius 1 is 1.24 bits per heavy atom. The number of carbonyl (C=O) groups excluding carboxylic acids is 3. The number of rotatable bonds is 9. The molecule has 0 radical (unpaired) electrons. The average Bonchev–Trinajstić information content (AvgIpc) is 3.53. The van der Waals surface area contributed by atoms with Gasteiger partial charge in [-0.3, -0.25) is 14.2 Å². The number of nitrogens with two attached hydrogens (primary N) is 1. The topological polar surface area (TPSA) is 207 Å². The molecular formula is C26H34N8O7. The highest BCUT2D eigenvalue weighted by Crippen LogP contribution is 2.22. The number of nitrogens with one attached hydrogen (secondary N) is 2. The van der Waals surface area contributed by atoms with Crippen molar-refractivity contribution in [1.29, 1.82) is 0 Å². The van der Waals surface area contributed by atoms with Crippen LogP contribution >= 0.6 is 0 Å². The van der Waals surface area contributed by atoms with Gasteiger partial charge >= 0.3 is 6.09 Å². The fourth-order valence-electron chi connectivity index (χ4n) is 4.72. The highest BCUT2D eigenvalue weighted by molar-refractivity contribution is 5.83. The smallest absolute Gasteiger partial charge is 0.410 e. The standard InChI is InChI=1S/C26H34N8O7/c27-23-21-24(34(13-29-21)14-40-22(18(36)12-35)25(38)30-16-4-5-16)32-19(31-23)3-1-2-15-6-8-33(9-7-15)26(39)41-17-10-20(37)28-11-17/h13,15-18,22,35-36H,2,4-12,14H2,(H,28,37)(H,30,38)(H2,27,31,32)/t17?,18?,22-/m0/s1. The molecule has 3 amide bonds. The van der Waals surface area contributed by atoms with Crippen molar-refractivity contribution in [3.63, 3.8) is 0 Å². The molecule has 2 aromatic heterocycles. The summed E-state index contributed by atoms with van der Waals surface area (Å²) in [6.07, 6.45) is 2.05. The summed E-state index contributed by atoms with van der Waals surface area (Å²) < 4.78 is 12.6. The molecular weight excluding hydrogens is 536 g/mol. The summed E-state index contributed by atoms with van der Waals surface area (Å²) in [4.78, 5) is 50.7. The van der Waals surface area contributed by atoms with Gasteiger partial charge in [-0.05, 0) is 37.5 Å². The first-order chi connectivity index (χ1) is 19.8. The van der Waals surface area contributed by atoms with E-state index in [0.29, 0.717) is 37.2 Å². The molecule has 2 aromatic rings. The zero-order valence-corrected chi connectivity index (χ0v) is 22.5. The van der Waals surface area contributed by atoms with Crippen LogP contribution in [0.25, 0.3) is 11.2 Å². The Labute approximate surface area is 235 Å². The Hall–Kier alpha value is -4.00. The Bertz CT molecular complexity index is 1340. The molecule has 2 unspecified atom stereocenters. The number of fused-ring (bicyclic) bond motifs is 1. The monoisotopic (exact) mass is 570 g/mol. The first kappa shape index (κ1) is 28.5. The van der Waals surface area contributed by atoms with Gasteiger partial charge in [-0.15, -0.1) is 0 Å². The molecule has 1 aliphatic carbocycles. The number of anilines is 1. The third kappa shape index (κ3) is 7.20. The number of aliphatic hydroxyl groups excluding tert-OH is 2. The van der Waals surface area contributed by atoms with E-state index in [9.17, 15) is 24.6 Å². The lowest BCUT2D eigenvalue weighted by atomic mass is 9.94. The van der Waals surface area contributed by atoms with Crippen LogP contribution in [0.15, 0.2) is 6.33 Å². The number of nitrogens with zero attached hydrogens (tertiary/aromatic N) is 5. The molecule has 0 bridgehead atoms. The van der Waals surface area contributed by atoms with E-state index in [1.807, 2.05) is 0 Å². The minimum atomic E-state index is -1.39. The highest BCUT2D eigenvalue weighted by Gasteiger charge is 2.33. The van der Waals surface area contributed by atoms with Gasteiger partial charge in [0.25, 0.3) is 5.91 Å². The minimum absolute atomic E-state index is 0.0682. The first-order valence-electron chi connectivity index (χ1n) is 13.7. The van der Waals surface area contributed by atoms with Gasteiger partial charge in [-0.25, -0.2) is 19.7 Å². The third-order valence-corrected chi connectivity index (χ3v) is 7.27. The molecule has 3 aliphatic rings. The number of nitrogen functional groups attached to an aromatic ring is 1. The van der Waals surface area contributed by atoms with Crippen molar-refractivity contribution >= 4 is 34.9 Å². The number of aliphatic hydroxyl groups is 2. The molecule has 3 atom stereocenters. The molecule has 15 heteroatoms. The fourth-order valence-corrected chi connectivity index (χ4v) is 4.72. The van der Waals surface area contributed by atoms with Crippen molar-refractivity contribution in [3.8, 4) is 11.8 Å². The quantitative estimate of drug-likeness (QED) is 0.228. The van der Waals surface area contributed by atoms with Crippen LogP contribution in [0.1, 0.15) is 44.3 Å². The predicted octanol–water partition coefficient (Wildman–Crippen LogP) is -1.14. The normalized spacial score (nSPS) is 20.7. The maximum atomic E-state index is 12.5. The van der Waals surface area contributed by atoms with Gasteiger partial charge in [0.1, 0.15) is 24.5 Å². The van der Waals surface area contributed by atoms with Crippen LogP contribution in [0, 0.1) is 17.8 Å². The second-order valence-electron chi connectivity index (χ2n) is 10.5. The summed E-state index contributed by atoms with van der Waals surface area (Å²) >= 11 is 0. The zero-order valence-electron chi connectivity index (χ0n) is 22.5. The summed E-state index contributed by atoms with van der Waals surface area (Å²) in [5.74, 6) is 6.09. The Balaban J connectivity index is 1.16. The van der Waals surface area contributed by atoms with Crippen LogP contribution in [0.5, 0.6) is 0 Å². The molecule has 1 saturated carbocycles. The number of hydrogen-bond donors (Lipinski definition) is 5. The Morgan fingerprint density at radius 3 is 2.71 bits per heavy atom. The van der Waals surface area contributed by atoms with E-state index in [4.69, 9.17) is 15.2 Å². The second kappa shape index (κ2) is 12.7. The largest absolute Gasteiger partial charge is 0.444 e. The summed E-state index contributed by atoms with van der Waals surface area (Å²) in [7, 11) is 0. The summed E-state index contributed by atoms with van der Waals surface area (Å²) in [5, 5.41) is 24.9. The van der Waals surface area contributed by atoms with E-state index in [1.165, 1.54) is 10.9 Å². The van der Waals surface area contributed by atoms with Crippen molar-refractivity contribution in [2.75, 3.05) is 32.0 Å². The summed E-state index contributed by atoms with van der Waals surface area (Å²) in [6, 6.07) is 0.0682. The summed E-state index contributed by atoms with van der Waals surface area (Å²) in [5.41, 5.74) is 6.79. The first-order valence-corrected chi connectivity index (χ1v) is 13.7. The van der Waals surface area contributed by atoms with Crippen LogP contribution in [-0.4, -0.2) is 103 Å². The molecule has 6 N–H and O–H groups in total. The molecule has 0 spiro atoms. The lowest BCUT2D eigenvalue weighted by Gasteiger charge is -2.31. The number of ether oxygens (including phenoxy) is 2.